The molecular formula is C48H89NO8. The molecule has 2 unspecified atom stereocenters. The molecule has 0 radical (unpaired) electrons. The van der Waals surface area contributed by atoms with Gasteiger partial charge < -0.3 is 33.3 Å². The van der Waals surface area contributed by atoms with Crippen molar-refractivity contribution >= 4 is 17.9 Å². The smallest absolute Gasteiger partial charge is 0.306 e. The van der Waals surface area contributed by atoms with E-state index in [1.54, 1.807) is 0 Å². The van der Waals surface area contributed by atoms with E-state index < -0.39 is 24.3 Å². The third kappa shape index (κ3) is 41.7. The molecule has 0 spiro atoms. The van der Waals surface area contributed by atoms with Gasteiger partial charge in [-0.15, -0.1) is 0 Å². The molecule has 0 aliphatic rings. The SMILES string of the molecule is CCCCCC/C=C\C/C=C\CCCCCCCCCC(=O)OC(COC(=O)CCCCCCCCCCCCCCCC)COC(OCC[N+](C)(C)C)C(=O)[O-]. The molecule has 0 rings (SSSR count). The first-order chi connectivity index (χ1) is 27.6. The van der Waals surface area contributed by atoms with Crippen molar-refractivity contribution in [1.29, 1.82) is 0 Å². The molecule has 0 bridgehead atoms. The molecule has 9 heteroatoms. The lowest BCUT2D eigenvalue weighted by Crippen LogP contribution is -2.44. The third-order valence-corrected chi connectivity index (χ3v) is 10.2. The van der Waals surface area contributed by atoms with Crippen molar-refractivity contribution in [2.75, 3.05) is 47.5 Å². The van der Waals surface area contributed by atoms with E-state index in [4.69, 9.17) is 18.9 Å². The zero-order valence-corrected chi connectivity index (χ0v) is 37.7. The van der Waals surface area contributed by atoms with Crippen LogP contribution in [0.3, 0.4) is 0 Å². The Bertz CT molecular complexity index is 991. The molecule has 0 aromatic heterocycles. The molecular weight excluding hydrogens is 719 g/mol. The van der Waals surface area contributed by atoms with Crippen LogP contribution in [0.4, 0.5) is 0 Å². The van der Waals surface area contributed by atoms with Gasteiger partial charge in [-0.3, -0.25) is 9.59 Å². The second-order valence-corrected chi connectivity index (χ2v) is 17.1. The van der Waals surface area contributed by atoms with Crippen molar-refractivity contribution in [2.45, 2.75) is 219 Å². The number of likely N-dealkylation sites (N-methyl/N-ethyl adjacent to an activating group) is 1. The molecule has 0 saturated heterocycles. The summed E-state index contributed by atoms with van der Waals surface area (Å²) in [5.41, 5.74) is 0. The van der Waals surface area contributed by atoms with Crippen molar-refractivity contribution in [3.8, 4) is 0 Å². The van der Waals surface area contributed by atoms with Crippen molar-refractivity contribution in [3.05, 3.63) is 24.3 Å². The van der Waals surface area contributed by atoms with Crippen LogP contribution in [0.15, 0.2) is 24.3 Å². The monoisotopic (exact) mass is 808 g/mol. The molecule has 0 aliphatic heterocycles. The first-order valence-electron chi connectivity index (χ1n) is 23.5. The highest BCUT2D eigenvalue weighted by Crippen LogP contribution is 2.15. The van der Waals surface area contributed by atoms with Crippen molar-refractivity contribution in [3.63, 3.8) is 0 Å². The van der Waals surface area contributed by atoms with E-state index in [1.807, 2.05) is 21.1 Å². The largest absolute Gasteiger partial charge is 0.545 e. The van der Waals surface area contributed by atoms with Crippen LogP contribution in [0, 0.1) is 0 Å². The summed E-state index contributed by atoms with van der Waals surface area (Å²) < 4.78 is 22.6. The summed E-state index contributed by atoms with van der Waals surface area (Å²) in [4.78, 5) is 37.0. The van der Waals surface area contributed by atoms with Crippen LogP contribution < -0.4 is 5.11 Å². The normalized spacial score (nSPS) is 13.1. The number of unbranched alkanes of at least 4 members (excludes halogenated alkanes) is 24. The van der Waals surface area contributed by atoms with E-state index in [0.29, 0.717) is 23.9 Å². The number of carboxylic acid groups (broad SMARTS) is 1. The second kappa shape index (κ2) is 40.5. The predicted octanol–water partition coefficient (Wildman–Crippen LogP) is 11.1. The lowest BCUT2D eigenvalue weighted by Gasteiger charge is -2.26. The maximum absolute atomic E-state index is 12.8. The number of carbonyl (C=O) groups excluding carboxylic acids is 3. The molecule has 0 aliphatic carbocycles. The number of allylic oxidation sites excluding steroid dienone is 4. The first kappa shape index (κ1) is 54.8. The second-order valence-electron chi connectivity index (χ2n) is 17.1. The number of hydrogen-bond donors (Lipinski definition) is 0. The minimum atomic E-state index is -1.62. The van der Waals surface area contributed by atoms with Crippen molar-refractivity contribution in [2.24, 2.45) is 0 Å². The number of ether oxygens (including phenoxy) is 4. The van der Waals surface area contributed by atoms with Gasteiger partial charge in [0.25, 0.3) is 0 Å². The summed E-state index contributed by atoms with van der Waals surface area (Å²) in [6.07, 6.45) is 40.6. The number of esters is 2. The molecule has 0 N–H and O–H groups in total. The van der Waals surface area contributed by atoms with Crippen molar-refractivity contribution in [1.82, 2.24) is 0 Å². The van der Waals surface area contributed by atoms with E-state index in [0.717, 1.165) is 51.4 Å². The van der Waals surface area contributed by atoms with Crippen LogP contribution in [-0.2, 0) is 33.3 Å². The highest BCUT2D eigenvalue weighted by Gasteiger charge is 2.21. The molecule has 0 amide bonds. The number of aliphatic carboxylic acids is 1. The Kier molecular flexibility index (Phi) is 39.0. The number of nitrogens with zero attached hydrogens (tertiary/aromatic N) is 1. The van der Waals surface area contributed by atoms with E-state index in [2.05, 4.69) is 38.2 Å². The topological polar surface area (TPSA) is 111 Å². The van der Waals surface area contributed by atoms with E-state index >= 15 is 0 Å². The minimum absolute atomic E-state index is 0.148. The van der Waals surface area contributed by atoms with Crippen LogP contribution in [-0.4, -0.2) is 82.3 Å². The summed E-state index contributed by atoms with van der Waals surface area (Å²) in [6, 6.07) is 0. The number of carbonyl (C=O) groups is 3. The zero-order chi connectivity index (χ0) is 42.1. The Morgan fingerprint density at radius 1 is 0.526 bits per heavy atom. The standard InChI is InChI=1S/C48H89NO8/c1-6-8-10-12-14-16-18-20-22-23-24-25-27-29-31-33-35-37-39-46(51)57-44(43-56-48(47(52)53)54-41-40-49(3,4)5)42-55-45(50)38-36-34-32-30-28-26-21-19-17-15-13-11-9-7-2/h16,18,22-23,44,48H,6-15,17,19-21,24-43H2,1-5H3/b18-16-,23-22-. The predicted molar refractivity (Wildman–Crippen MR) is 233 cm³/mol. The Labute approximate surface area is 350 Å². The van der Waals surface area contributed by atoms with E-state index in [-0.39, 0.29) is 32.2 Å². The Morgan fingerprint density at radius 3 is 1.40 bits per heavy atom. The van der Waals surface area contributed by atoms with Crippen LogP contribution in [0.1, 0.15) is 206 Å². The fraction of sp³-hybridized carbons (Fsp3) is 0.854. The maximum Gasteiger partial charge on any atom is 0.306 e. The van der Waals surface area contributed by atoms with Crippen molar-refractivity contribution < 1.29 is 42.9 Å². The third-order valence-electron chi connectivity index (χ3n) is 10.2. The van der Waals surface area contributed by atoms with Gasteiger partial charge in [0.05, 0.1) is 40.3 Å². The van der Waals surface area contributed by atoms with Gasteiger partial charge in [-0.2, -0.15) is 0 Å². The summed E-state index contributed by atoms with van der Waals surface area (Å²) in [7, 11) is 5.91. The van der Waals surface area contributed by atoms with Crippen LogP contribution >= 0.6 is 0 Å². The molecule has 0 heterocycles. The van der Waals surface area contributed by atoms with Gasteiger partial charge in [0.1, 0.15) is 13.2 Å². The number of carboxylic acids is 1. The van der Waals surface area contributed by atoms with Gasteiger partial charge in [0.15, 0.2) is 12.4 Å². The molecule has 0 saturated carbocycles. The highest BCUT2D eigenvalue weighted by molar-refractivity contribution is 5.70. The number of rotatable bonds is 43. The average molecular weight is 808 g/mol. The molecule has 9 nitrogen and oxygen atoms in total. The fourth-order valence-corrected chi connectivity index (χ4v) is 6.51. The highest BCUT2D eigenvalue weighted by atomic mass is 16.7. The lowest BCUT2D eigenvalue weighted by atomic mass is 10.0. The molecule has 0 aromatic rings. The Balaban J connectivity index is 4.41. The summed E-state index contributed by atoms with van der Waals surface area (Å²) >= 11 is 0. The zero-order valence-electron chi connectivity index (χ0n) is 37.7. The first-order valence-corrected chi connectivity index (χ1v) is 23.5. The van der Waals surface area contributed by atoms with Crippen LogP contribution in [0.2, 0.25) is 0 Å². The molecule has 57 heavy (non-hydrogen) atoms. The van der Waals surface area contributed by atoms with Gasteiger partial charge in [0, 0.05) is 12.8 Å². The fourth-order valence-electron chi connectivity index (χ4n) is 6.51. The number of hydrogen-bond acceptors (Lipinski definition) is 8. The lowest BCUT2D eigenvalue weighted by molar-refractivity contribution is -0.870. The van der Waals surface area contributed by atoms with Gasteiger partial charge in [-0.05, 0) is 44.9 Å². The van der Waals surface area contributed by atoms with E-state index in [9.17, 15) is 19.5 Å². The van der Waals surface area contributed by atoms with Gasteiger partial charge in [-0.25, -0.2) is 0 Å². The van der Waals surface area contributed by atoms with Gasteiger partial charge in [-0.1, -0.05) is 173 Å². The molecule has 0 fully saturated rings. The summed E-state index contributed by atoms with van der Waals surface area (Å²) in [5.74, 6) is -2.29. The van der Waals surface area contributed by atoms with Gasteiger partial charge >= 0.3 is 11.9 Å². The van der Waals surface area contributed by atoms with Crippen LogP contribution in [0.5, 0.6) is 0 Å². The Hall–Kier alpha value is -2.23. The van der Waals surface area contributed by atoms with Gasteiger partial charge in [0.2, 0.25) is 0 Å². The number of quaternary nitrogens is 1. The molecule has 334 valence electrons. The Morgan fingerprint density at radius 2 is 0.947 bits per heavy atom. The quantitative estimate of drug-likeness (QED) is 0.0197. The summed E-state index contributed by atoms with van der Waals surface area (Å²) in [5, 5.41) is 11.7. The summed E-state index contributed by atoms with van der Waals surface area (Å²) in [6.45, 7) is 4.73. The maximum atomic E-state index is 12.8. The molecule has 2 atom stereocenters. The minimum Gasteiger partial charge on any atom is -0.545 e. The van der Waals surface area contributed by atoms with Crippen LogP contribution in [0.25, 0.3) is 0 Å². The van der Waals surface area contributed by atoms with E-state index in [1.165, 1.54) is 122 Å². The molecule has 0 aromatic carbocycles. The average Bonchev–Trinajstić information content (AvgIpc) is 3.17.